The zero-order valence-electron chi connectivity index (χ0n) is 12.5. The quantitative estimate of drug-likeness (QED) is 0.593. The molecule has 0 amide bonds. The average molecular weight is 298 g/mol. The van der Waals surface area contributed by atoms with E-state index in [1.165, 1.54) is 6.07 Å². The van der Waals surface area contributed by atoms with Crippen LogP contribution < -0.4 is 0 Å². The highest BCUT2D eigenvalue weighted by molar-refractivity contribution is 6.09. The van der Waals surface area contributed by atoms with Crippen LogP contribution in [0.5, 0.6) is 11.5 Å². The summed E-state index contributed by atoms with van der Waals surface area (Å²) in [7, 11) is 0. The summed E-state index contributed by atoms with van der Waals surface area (Å²) in [6.45, 7) is 3.90. The van der Waals surface area contributed by atoms with E-state index in [-0.39, 0.29) is 11.5 Å². The number of benzene rings is 1. The zero-order valence-corrected chi connectivity index (χ0v) is 12.5. The maximum atomic E-state index is 10.3. The molecule has 0 bridgehead atoms. The lowest BCUT2D eigenvalue weighted by Gasteiger charge is -2.26. The Hall–Kier alpha value is -2.04. The van der Waals surface area contributed by atoms with Gasteiger partial charge < -0.3 is 20.4 Å². The van der Waals surface area contributed by atoms with E-state index in [1.54, 1.807) is 6.07 Å². The van der Waals surface area contributed by atoms with E-state index < -0.39 is 12.2 Å². The van der Waals surface area contributed by atoms with E-state index >= 15 is 0 Å². The first-order chi connectivity index (χ1) is 10.4. The van der Waals surface area contributed by atoms with Crippen molar-refractivity contribution in [3.05, 3.63) is 45.6 Å². The molecule has 0 heterocycles. The Bertz CT molecular complexity index is 811. The highest BCUT2D eigenvalue weighted by Crippen LogP contribution is 2.57. The Morgan fingerprint density at radius 1 is 1.00 bits per heavy atom. The monoisotopic (exact) mass is 298 g/mol. The number of aromatic hydroxyl groups is 2. The van der Waals surface area contributed by atoms with Gasteiger partial charge in [0.1, 0.15) is 11.5 Å². The second-order valence-corrected chi connectivity index (χ2v) is 6.39. The maximum absolute atomic E-state index is 10.3. The molecule has 0 aliphatic heterocycles. The lowest BCUT2D eigenvalue weighted by molar-refractivity contribution is 0.0895. The van der Waals surface area contributed by atoms with Gasteiger partial charge in [0.25, 0.3) is 0 Å². The normalized spacial score (nSPS) is 26.5. The summed E-state index contributed by atoms with van der Waals surface area (Å²) in [5.74, 6) is 0.0878. The fourth-order valence-electron chi connectivity index (χ4n) is 4.27. The van der Waals surface area contributed by atoms with Crippen molar-refractivity contribution in [1.29, 1.82) is 0 Å². The average Bonchev–Trinajstić information content (AvgIpc) is 2.85. The Morgan fingerprint density at radius 2 is 1.73 bits per heavy atom. The number of phenolic OH excluding ortho intramolecular Hbond substituents is 2. The zero-order chi connectivity index (χ0) is 15.8. The first kappa shape index (κ1) is 13.6. The molecule has 0 fully saturated rings. The molecular formula is C18H18O4. The van der Waals surface area contributed by atoms with E-state index in [1.807, 2.05) is 13.8 Å². The molecule has 2 atom stereocenters. The van der Waals surface area contributed by atoms with Crippen molar-refractivity contribution >= 4 is 11.1 Å². The highest BCUT2D eigenvalue weighted by atomic mass is 16.3. The summed E-state index contributed by atoms with van der Waals surface area (Å²) in [5, 5.41) is 40.4. The molecule has 2 unspecified atom stereocenters. The Kier molecular flexibility index (Phi) is 2.63. The van der Waals surface area contributed by atoms with Gasteiger partial charge in [0.05, 0.1) is 12.2 Å². The first-order valence-corrected chi connectivity index (χ1v) is 7.49. The molecule has 114 valence electrons. The van der Waals surface area contributed by atoms with Gasteiger partial charge in [0.2, 0.25) is 0 Å². The summed E-state index contributed by atoms with van der Waals surface area (Å²) >= 11 is 0. The standard InChI is InChI=1S/C18H18O4/c1-7-15-11(3-9(19)5-13(15)21)18-8(2)16-12(17(7)18)4-10(20)6-14(16)22/h3,5,10,14,19-22H,4,6H2,1-2H3. The van der Waals surface area contributed by atoms with Gasteiger partial charge in [-0.15, -0.1) is 0 Å². The molecule has 0 aromatic heterocycles. The van der Waals surface area contributed by atoms with E-state index in [4.69, 9.17) is 0 Å². The molecular weight excluding hydrogens is 280 g/mol. The number of rotatable bonds is 0. The van der Waals surface area contributed by atoms with Crippen LogP contribution in [0, 0.1) is 0 Å². The summed E-state index contributed by atoms with van der Waals surface area (Å²) in [6.07, 6.45) is -0.340. The Balaban J connectivity index is 2.02. The number of allylic oxidation sites excluding steroid dienone is 3. The fraction of sp³-hybridized carbons (Fsp3) is 0.333. The SMILES string of the molecule is CC1=C2C(=C(C)c3c(O)cc(O)cc32)C2=C1C(O)CC(O)C2. The van der Waals surface area contributed by atoms with Gasteiger partial charge in [0, 0.05) is 18.1 Å². The predicted octanol–water partition coefficient (Wildman–Crippen LogP) is 2.48. The van der Waals surface area contributed by atoms with Crippen LogP contribution in [0.1, 0.15) is 37.8 Å². The third-order valence-electron chi connectivity index (χ3n) is 5.05. The van der Waals surface area contributed by atoms with Crippen molar-refractivity contribution in [2.75, 3.05) is 0 Å². The lowest BCUT2D eigenvalue weighted by atomic mass is 9.85. The molecule has 0 spiro atoms. The second-order valence-electron chi connectivity index (χ2n) is 6.39. The highest BCUT2D eigenvalue weighted by Gasteiger charge is 2.41. The number of hydrogen-bond donors (Lipinski definition) is 4. The van der Waals surface area contributed by atoms with Crippen molar-refractivity contribution in [2.24, 2.45) is 0 Å². The van der Waals surface area contributed by atoms with E-state index in [0.717, 1.165) is 44.6 Å². The molecule has 4 nitrogen and oxygen atoms in total. The van der Waals surface area contributed by atoms with Crippen molar-refractivity contribution in [3.63, 3.8) is 0 Å². The van der Waals surface area contributed by atoms with Crippen molar-refractivity contribution in [1.82, 2.24) is 0 Å². The number of phenols is 2. The second kappa shape index (κ2) is 4.24. The molecule has 3 aliphatic rings. The number of aliphatic hydroxyl groups excluding tert-OH is 2. The Labute approximate surface area is 128 Å². The molecule has 0 radical (unpaired) electrons. The maximum Gasteiger partial charge on any atom is 0.127 e. The third kappa shape index (κ3) is 1.54. The smallest absolute Gasteiger partial charge is 0.127 e. The topological polar surface area (TPSA) is 80.9 Å². The number of fused-ring (bicyclic) bond motifs is 4. The molecule has 3 aliphatic carbocycles. The van der Waals surface area contributed by atoms with E-state index in [0.29, 0.717) is 12.8 Å². The van der Waals surface area contributed by atoms with Crippen LogP contribution in [-0.4, -0.2) is 32.6 Å². The summed E-state index contributed by atoms with van der Waals surface area (Å²) in [4.78, 5) is 0. The third-order valence-corrected chi connectivity index (χ3v) is 5.05. The summed E-state index contributed by atoms with van der Waals surface area (Å²) in [5.41, 5.74) is 7.31. The van der Waals surface area contributed by atoms with E-state index in [2.05, 4.69) is 0 Å². The van der Waals surface area contributed by atoms with Crippen molar-refractivity contribution in [2.45, 2.75) is 38.9 Å². The largest absolute Gasteiger partial charge is 0.508 e. The molecule has 4 heteroatoms. The molecule has 4 rings (SSSR count). The Morgan fingerprint density at radius 3 is 2.45 bits per heavy atom. The summed E-state index contributed by atoms with van der Waals surface area (Å²) < 4.78 is 0. The van der Waals surface area contributed by atoms with Gasteiger partial charge in [-0.05, 0) is 65.3 Å². The van der Waals surface area contributed by atoms with Gasteiger partial charge in [-0.1, -0.05) is 0 Å². The minimum Gasteiger partial charge on any atom is -0.508 e. The van der Waals surface area contributed by atoms with Crippen LogP contribution >= 0.6 is 0 Å². The lowest BCUT2D eigenvalue weighted by Crippen LogP contribution is -2.26. The first-order valence-electron chi connectivity index (χ1n) is 7.49. The van der Waals surface area contributed by atoms with Gasteiger partial charge in [0.15, 0.2) is 0 Å². The molecule has 22 heavy (non-hydrogen) atoms. The number of hydrogen-bond acceptors (Lipinski definition) is 4. The van der Waals surface area contributed by atoms with Crippen LogP contribution in [0.25, 0.3) is 11.1 Å². The minimum atomic E-state index is -0.661. The summed E-state index contributed by atoms with van der Waals surface area (Å²) in [6, 6.07) is 3.01. The molecule has 1 aromatic rings. The van der Waals surface area contributed by atoms with Crippen molar-refractivity contribution in [3.8, 4) is 11.5 Å². The van der Waals surface area contributed by atoms with E-state index in [9.17, 15) is 20.4 Å². The fourth-order valence-corrected chi connectivity index (χ4v) is 4.27. The predicted molar refractivity (Wildman–Crippen MR) is 83.2 cm³/mol. The van der Waals surface area contributed by atoms with Gasteiger partial charge >= 0.3 is 0 Å². The number of aliphatic hydroxyl groups is 2. The van der Waals surface area contributed by atoms with Gasteiger partial charge in [-0.3, -0.25) is 0 Å². The van der Waals surface area contributed by atoms with Crippen LogP contribution in [-0.2, 0) is 0 Å². The molecule has 1 aromatic carbocycles. The minimum absolute atomic E-state index is 0.0241. The van der Waals surface area contributed by atoms with Crippen molar-refractivity contribution < 1.29 is 20.4 Å². The molecule has 0 saturated heterocycles. The molecule has 4 N–H and O–H groups in total. The van der Waals surface area contributed by atoms with Crippen LogP contribution in [0.4, 0.5) is 0 Å². The van der Waals surface area contributed by atoms with Gasteiger partial charge in [-0.25, -0.2) is 0 Å². The van der Waals surface area contributed by atoms with Crippen LogP contribution in [0.3, 0.4) is 0 Å². The van der Waals surface area contributed by atoms with Gasteiger partial charge in [-0.2, -0.15) is 0 Å². The van der Waals surface area contributed by atoms with Crippen LogP contribution in [0.15, 0.2) is 34.4 Å². The van der Waals surface area contributed by atoms with Crippen LogP contribution in [0.2, 0.25) is 0 Å². The molecule has 0 saturated carbocycles.